The van der Waals surface area contributed by atoms with Gasteiger partial charge in [-0.05, 0) is 31.0 Å². The van der Waals surface area contributed by atoms with Crippen LogP contribution in [0.3, 0.4) is 0 Å². The number of aromatic nitrogens is 2. The molecule has 2 aromatic carbocycles. The zero-order chi connectivity index (χ0) is 20.1. The van der Waals surface area contributed by atoms with E-state index in [4.69, 9.17) is 21.1 Å². The summed E-state index contributed by atoms with van der Waals surface area (Å²) in [6.07, 6.45) is 1.00. The summed E-state index contributed by atoms with van der Waals surface area (Å²) in [5.41, 5.74) is 3.73. The highest BCUT2D eigenvalue weighted by molar-refractivity contribution is 6.32. The summed E-state index contributed by atoms with van der Waals surface area (Å²) in [7, 11) is 3.15. The van der Waals surface area contributed by atoms with Crippen LogP contribution < -0.4 is 20.1 Å². The predicted molar refractivity (Wildman–Crippen MR) is 114 cm³/mol. The summed E-state index contributed by atoms with van der Waals surface area (Å²) < 4.78 is 10.7. The van der Waals surface area contributed by atoms with Gasteiger partial charge in [-0.1, -0.05) is 30.7 Å². The molecular weight excluding hydrogens is 376 g/mol. The smallest absolute Gasteiger partial charge is 0.229 e. The molecule has 1 aromatic heterocycles. The topological polar surface area (TPSA) is 68.3 Å². The van der Waals surface area contributed by atoms with Crippen LogP contribution in [0.4, 0.5) is 23.1 Å². The largest absolute Gasteiger partial charge is 0.495 e. The molecule has 0 amide bonds. The van der Waals surface area contributed by atoms with Gasteiger partial charge >= 0.3 is 0 Å². The van der Waals surface area contributed by atoms with Gasteiger partial charge in [-0.3, -0.25) is 0 Å². The number of nitrogens with one attached hydrogen (secondary N) is 2. The molecule has 0 bridgehead atoms. The van der Waals surface area contributed by atoms with Crippen LogP contribution in [-0.4, -0.2) is 24.2 Å². The van der Waals surface area contributed by atoms with E-state index in [0.29, 0.717) is 34.0 Å². The highest BCUT2D eigenvalue weighted by Crippen LogP contribution is 2.37. The van der Waals surface area contributed by atoms with E-state index in [1.165, 1.54) is 5.56 Å². The summed E-state index contributed by atoms with van der Waals surface area (Å²) in [5.74, 6) is 2.27. The Labute approximate surface area is 169 Å². The number of methoxy groups -OCH3 is 2. The average Bonchev–Trinajstić information content (AvgIpc) is 2.69. The van der Waals surface area contributed by atoms with Crippen molar-refractivity contribution in [2.45, 2.75) is 20.3 Å². The Hall–Kier alpha value is -2.99. The third-order valence-electron chi connectivity index (χ3n) is 4.21. The van der Waals surface area contributed by atoms with Crippen molar-refractivity contribution in [2.24, 2.45) is 0 Å². The van der Waals surface area contributed by atoms with E-state index in [1.54, 1.807) is 26.4 Å². The van der Waals surface area contributed by atoms with Crippen LogP contribution in [0, 0.1) is 6.92 Å². The van der Waals surface area contributed by atoms with E-state index in [-0.39, 0.29) is 0 Å². The fraction of sp³-hybridized carbons (Fsp3) is 0.238. The van der Waals surface area contributed by atoms with Crippen LogP contribution in [0.1, 0.15) is 18.2 Å². The molecule has 2 N–H and O–H groups in total. The zero-order valence-corrected chi connectivity index (χ0v) is 17.1. The first kappa shape index (κ1) is 19.8. The normalized spacial score (nSPS) is 10.5. The number of halogens is 1. The van der Waals surface area contributed by atoms with Gasteiger partial charge in [0.25, 0.3) is 0 Å². The van der Waals surface area contributed by atoms with E-state index in [2.05, 4.69) is 39.7 Å². The maximum Gasteiger partial charge on any atom is 0.229 e. The molecule has 0 saturated carbocycles. The first-order chi connectivity index (χ1) is 13.5. The number of nitrogens with zero attached hydrogens (tertiary/aromatic N) is 2. The molecule has 0 fully saturated rings. The molecule has 6 nitrogen and oxygen atoms in total. The molecule has 0 unspecified atom stereocenters. The van der Waals surface area contributed by atoms with Crippen LogP contribution in [0.5, 0.6) is 11.5 Å². The Morgan fingerprint density at radius 2 is 1.64 bits per heavy atom. The molecule has 146 valence electrons. The monoisotopic (exact) mass is 398 g/mol. The minimum Gasteiger partial charge on any atom is -0.495 e. The van der Waals surface area contributed by atoms with Crippen molar-refractivity contribution < 1.29 is 9.47 Å². The van der Waals surface area contributed by atoms with Crippen LogP contribution in [0.25, 0.3) is 0 Å². The van der Waals surface area contributed by atoms with E-state index in [0.717, 1.165) is 17.8 Å². The Morgan fingerprint density at radius 3 is 2.29 bits per heavy atom. The highest BCUT2D eigenvalue weighted by atomic mass is 35.5. The number of benzene rings is 2. The predicted octanol–water partition coefficient (Wildman–Crippen LogP) is 5.51. The Kier molecular flexibility index (Phi) is 6.21. The van der Waals surface area contributed by atoms with Gasteiger partial charge in [-0.15, -0.1) is 0 Å². The minimum absolute atomic E-state index is 0.474. The lowest BCUT2D eigenvalue weighted by Crippen LogP contribution is -2.03. The number of ether oxygens (including phenoxy) is 2. The Balaban J connectivity index is 1.87. The van der Waals surface area contributed by atoms with E-state index >= 15 is 0 Å². The third-order valence-corrected chi connectivity index (χ3v) is 4.50. The SMILES string of the molecule is CCc1ccc(Nc2nc(C)cc(Nc3cc(OC)c(Cl)cc3OC)n2)cc1. The van der Waals surface area contributed by atoms with Crippen molar-refractivity contribution >= 4 is 34.7 Å². The molecule has 0 saturated heterocycles. The number of aryl methyl sites for hydroxylation is 2. The van der Waals surface area contributed by atoms with Crippen LogP contribution in [-0.2, 0) is 6.42 Å². The Bertz CT molecular complexity index is 961. The van der Waals surface area contributed by atoms with E-state index in [1.807, 2.05) is 25.1 Å². The summed E-state index contributed by atoms with van der Waals surface area (Å²) in [6.45, 7) is 4.04. The van der Waals surface area contributed by atoms with Gasteiger partial charge in [0.2, 0.25) is 5.95 Å². The summed E-state index contributed by atoms with van der Waals surface area (Å²) in [6, 6.07) is 13.5. The van der Waals surface area contributed by atoms with Gasteiger partial charge in [-0.2, -0.15) is 4.98 Å². The van der Waals surface area contributed by atoms with Gasteiger partial charge in [-0.25, -0.2) is 4.98 Å². The average molecular weight is 399 g/mol. The zero-order valence-electron chi connectivity index (χ0n) is 16.3. The quantitative estimate of drug-likeness (QED) is 0.547. The number of hydrogen-bond donors (Lipinski definition) is 2. The lowest BCUT2D eigenvalue weighted by molar-refractivity contribution is 0.405. The van der Waals surface area contributed by atoms with Crippen molar-refractivity contribution in [1.29, 1.82) is 0 Å². The second-order valence-electron chi connectivity index (χ2n) is 6.21. The van der Waals surface area contributed by atoms with E-state index < -0.39 is 0 Å². The summed E-state index contributed by atoms with van der Waals surface area (Å²) >= 11 is 6.18. The summed E-state index contributed by atoms with van der Waals surface area (Å²) in [5, 5.41) is 6.97. The van der Waals surface area contributed by atoms with Gasteiger partial charge in [0.05, 0.1) is 24.9 Å². The van der Waals surface area contributed by atoms with Crippen LogP contribution in [0.15, 0.2) is 42.5 Å². The summed E-state index contributed by atoms with van der Waals surface area (Å²) in [4.78, 5) is 9.02. The number of rotatable bonds is 7. The van der Waals surface area contributed by atoms with Crippen LogP contribution >= 0.6 is 11.6 Å². The van der Waals surface area contributed by atoms with Crippen molar-refractivity contribution in [2.75, 3.05) is 24.9 Å². The molecule has 0 spiro atoms. The molecule has 0 aliphatic carbocycles. The fourth-order valence-electron chi connectivity index (χ4n) is 2.74. The first-order valence-corrected chi connectivity index (χ1v) is 9.30. The molecule has 28 heavy (non-hydrogen) atoms. The molecule has 0 aliphatic rings. The molecule has 7 heteroatoms. The molecule has 1 heterocycles. The van der Waals surface area contributed by atoms with Crippen LogP contribution in [0.2, 0.25) is 5.02 Å². The van der Waals surface area contributed by atoms with Gasteiger partial charge < -0.3 is 20.1 Å². The van der Waals surface area contributed by atoms with Crippen molar-refractivity contribution in [3.8, 4) is 11.5 Å². The van der Waals surface area contributed by atoms with Crippen molar-refractivity contribution in [3.63, 3.8) is 0 Å². The fourth-order valence-corrected chi connectivity index (χ4v) is 2.97. The molecule has 0 atom stereocenters. The van der Waals surface area contributed by atoms with Gasteiger partial charge in [0, 0.05) is 29.6 Å². The Morgan fingerprint density at radius 1 is 0.929 bits per heavy atom. The molecule has 3 aromatic rings. The maximum atomic E-state index is 6.18. The first-order valence-electron chi connectivity index (χ1n) is 8.92. The molecule has 0 radical (unpaired) electrons. The lowest BCUT2D eigenvalue weighted by atomic mass is 10.1. The van der Waals surface area contributed by atoms with Gasteiger partial charge in [0.1, 0.15) is 17.3 Å². The molecule has 3 rings (SSSR count). The van der Waals surface area contributed by atoms with Crippen molar-refractivity contribution in [1.82, 2.24) is 9.97 Å². The standard InChI is InChI=1S/C21H23ClN4O2/c1-5-14-6-8-15(9-7-14)24-21-23-13(2)10-20(26-21)25-17-12-18(27-3)16(22)11-19(17)28-4/h6-12H,5H2,1-4H3,(H2,23,24,25,26). The molecular formula is C21H23ClN4O2. The second kappa shape index (κ2) is 8.80. The lowest BCUT2D eigenvalue weighted by Gasteiger charge is -2.14. The number of hydrogen-bond acceptors (Lipinski definition) is 6. The minimum atomic E-state index is 0.474. The third kappa shape index (κ3) is 4.64. The van der Waals surface area contributed by atoms with E-state index in [9.17, 15) is 0 Å². The van der Waals surface area contributed by atoms with Gasteiger partial charge in [0.15, 0.2) is 0 Å². The second-order valence-corrected chi connectivity index (χ2v) is 6.61. The van der Waals surface area contributed by atoms with Crippen molar-refractivity contribution in [3.05, 3.63) is 58.7 Å². The number of anilines is 4. The highest BCUT2D eigenvalue weighted by Gasteiger charge is 2.12. The maximum absolute atomic E-state index is 6.18. The molecule has 0 aliphatic heterocycles.